The first kappa shape index (κ1) is 26.2. The molecule has 0 amide bonds. The Morgan fingerprint density at radius 2 is 0.690 bits per heavy atom. The molecular weight excluding hydrogens is 528 g/mol. The molecule has 0 bridgehead atoms. The summed E-state index contributed by atoms with van der Waals surface area (Å²) in [6, 6.07) is 16.0. The van der Waals surface area contributed by atoms with Crippen molar-refractivity contribution in [1.82, 2.24) is 0 Å². The van der Waals surface area contributed by atoms with Gasteiger partial charge in [-0.1, -0.05) is 59.7 Å². The summed E-state index contributed by atoms with van der Waals surface area (Å²) < 4.78 is 0. The van der Waals surface area contributed by atoms with Crippen LogP contribution in [0.15, 0.2) is 54.6 Å². The molecule has 0 spiro atoms. The zero-order valence-electron chi connectivity index (χ0n) is 24.3. The van der Waals surface area contributed by atoms with Crippen molar-refractivity contribution in [2.24, 2.45) is 0 Å². The lowest BCUT2D eigenvalue weighted by Crippen LogP contribution is -2.22. The highest BCUT2D eigenvalue weighted by Gasteiger charge is 2.52. The Kier molecular flexibility index (Phi) is 4.85. The monoisotopic (exact) mass is 558 g/mol. The normalized spacial score (nSPS) is 17.0. The smallest absolute Gasteiger partial charge is 0.335 e. The maximum absolute atomic E-state index is 12.0. The Morgan fingerprint density at radius 1 is 0.452 bits per heavy atom. The average molecular weight is 559 g/mol. The van der Waals surface area contributed by atoms with Crippen molar-refractivity contribution >= 4 is 17.9 Å². The van der Waals surface area contributed by atoms with E-state index in [0.717, 1.165) is 66.8 Å². The average Bonchev–Trinajstić information content (AvgIpc) is 3.41. The van der Waals surface area contributed by atoms with Crippen LogP contribution in [-0.2, 0) is 16.2 Å². The maximum atomic E-state index is 12.0. The SMILES string of the molecule is CC1(C)c2cc(C(=O)O)ccc2-c2c1c1c(c3c2C(C)(C)c2cc(C(=O)O)ccc2-3)C(C)(C)c2cc(C(=O)O)ccc2-1. The van der Waals surface area contributed by atoms with Crippen LogP contribution in [0, 0.1) is 0 Å². The Morgan fingerprint density at radius 3 is 0.905 bits per heavy atom. The summed E-state index contributed by atoms with van der Waals surface area (Å²) in [5, 5.41) is 29.6. The third-order valence-electron chi connectivity index (χ3n) is 10.0. The highest BCUT2D eigenvalue weighted by atomic mass is 16.4. The van der Waals surface area contributed by atoms with Gasteiger partial charge < -0.3 is 15.3 Å². The first-order chi connectivity index (χ1) is 19.6. The predicted molar refractivity (Wildman–Crippen MR) is 160 cm³/mol. The molecule has 42 heavy (non-hydrogen) atoms. The molecule has 0 atom stereocenters. The van der Waals surface area contributed by atoms with Gasteiger partial charge in [-0.2, -0.15) is 0 Å². The summed E-state index contributed by atoms with van der Waals surface area (Å²) in [5.74, 6) is -2.95. The van der Waals surface area contributed by atoms with Gasteiger partial charge in [0.1, 0.15) is 0 Å². The summed E-state index contributed by atoms with van der Waals surface area (Å²) in [6.07, 6.45) is 0. The summed E-state index contributed by atoms with van der Waals surface area (Å²) in [7, 11) is 0. The molecule has 0 aromatic heterocycles. The van der Waals surface area contributed by atoms with Gasteiger partial charge in [0.25, 0.3) is 0 Å². The van der Waals surface area contributed by atoms with Gasteiger partial charge >= 0.3 is 17.9 Å². The van der Waals surface area contributed by atoms with Crippen molar-refractivity contribution in [2.45, 2.75) is 57.8 Å². The Labute approximate surface area is 243 Å². The van der Waals surface area contributed by atoms with E-state index in [1.165, 1.54) is 0 Å². The number of hydrogen-bond acceptors (Lipinski definition) is 3. The van der Waals surface area contributed by atoms with Crippen LogP contribution in [0.2, 0.25) is 0 Å². The molecule has 0 aliphatic heterocycles. The zero-order valence-corrected chi connectivity index (χ0v) is 24.3. The Bertz CT molecular complexity index is 1740. The van der Waals surface area contributed by atoms with Crippen molar-refractivity contribution in [3.63, 3.8) is 0 Å². The number of carboxylic acids is 3. The van der Waals surface area contributed by atoms with Crippen molar-refractivity contribution in [1.29, 1.82) is 0 Å². The number of fused-ring (bicyclic) bond motifs is 12. The summed E-state index contributed by atoms with van der Waals surface area (Å²) >= 11 is 0. The van der Waals surface area contributed by atoms with E-state index in [1.54, 1.807) is 36.4 Å². The van der Waals surface area contributed by atoms with Gasteiger partial charge in [0.15, 0.2) is 0 Å². The van der Waals surface area contributed by atoms with Crippen molar-refractivity contribution in [3.8, 4) is 33.4 Å². The molecule has 4 aromatic carbocycles. The topological polar surface area (TPSA) is 112 Å². The minimum atomic E-state index is -0.985. The number of benzene rings is 4. The lowest BCUT2D eigenvalue weighted by molar-refractivity contribution is 0.0686. The zero-order chi connectivity index (χ0) is 30.3. The van der Waals surface area contributed by atoms with Crippen LogP contribution in [0.4, 0.5) is 0 Å². The quantitative estimate of drug-likeness (QED) is 0.238. The van der Waals surface area contributed by atoms with Gasteiger partial charge in [0.2, 0.25) is 0 Å². The van der Waals surface area contributed by atoms with E-state index >= 15 is 0 Å². The maximum Gasteiger partial charge on any atom is 0.335 e. The van der Waals surface area contributed by atoms with Crippen LogP contribution in [0.5, 0.6) is 0 Å². The summed E-state index contributed by atoms with van der Waals surface area (Å²) in [4.78, 5) is 36.1. The lowest BCUT2D eigenvalue weighted by atomic mass is 9.71. The summed E-state index contributed by atoms with van der Waals surface area (Å²) in [5.41, 5.74) is 11.2. The van der Waals surface area contributed by atoms with Gasteiger partial charge in [-0.3, -0.25) is 0 Å². The molecule has 3 aliphatic rings. The molecule has 0 heterocycles. The van der Waals surface area contributed by atoms with Gasteiger partial charge in [-0.25, -0.2) is 14.4 Å². The second-order valence-corrected chi connectivity index (χ2v) is 13.3. The standard InChI is InChI=1S/C36H30O6/c1-34(2)22-13-16(31(37)38)7-10-19(22)25-28(34)26-20-11-8-17(32(39)40)14-23(20)35(3,4)30(26)27-21-12-9-18(33(41)42)15-24(21)36(5,6)29(25)27/h7-15H,1-6H3,(H,37,38)(H,39,40)(H,41,42). The van der Waals surface area contributed by atoms with Crippen LogP contribution in [0.1, 0.15) is 106 Å². The van der Waals surface area contributed by atoms with Gasteiger partial charge in [-0.05, 0) is 103 Å². The van der Waals surface area contributed by atoms with Crippen molar-refractivity contribution in [2.75, 3.05) is 0 Å². The summed E-state index contributed by atoms with van der Waals surface area (Å²) in [6.45, 7) is 12.8. The molecule has 0 fully saturated rings. The molecule has 6 heteroatoms. The fraction of sp³-hybridized carbons (Fsp3) is 0.250. The number of hydrogen-bond donors (Lipinski definition) is 3. The lowest BCUT2D eigenvalue weighted by Gasteiger charge is -2.31. The molecule has 4 aromatic rings. The van der Waals surface area contributed by atoms with Crippen LogP contribution in [0.25, 0.3) is 33.4 Å². The number of rotatable bonds is 3. The third kappa shape index (κ3) is 2.97. The minimum Gasteiger partial charge on any atom is -0.478 e. The highest BCUT2D eigenvalue weighted by Crippen LogP contribution is 2.67. The van der Waals surface area contributed by atoms with E-state index in [9.17, 15) is 29.7 Å². The molecule has 7 rings (SSSR count). The second kappa shape index (κ2) is 7.77. The molecule has 6 nitrogen and oxygen atoms in total. The highest BCUT2D eigenvalue weighted by molar-refractivity contribution is 6.06. The van der Waals surface area contributed by atoms with Gasteiger partial charge in [-0.15, -0.1) is 0 Å². The molecular formula is C36H30O6. The van der Waals surface area contributed by atoms with E-state index in [0.29, 0.717) is 0 Å². The number of aromatic carboxylic acids is 3. The van der Waals surface area contributed by atoms with E-state index < -0.39 is 34.2 Å². The molecule has 0 saturated heterocycles. The van der Waals surface area contributed by atoms with Crippen LogP contribution in [-0.4, -0.2) is 33.2 Å². The van der Waals surface area contributed by atoms with Crippen molar-refractivity contribution < 1.29 is 29.7 Å². The second-order valence-electron chi connectivity index (χ2n) is 13.3. The Hall–Kier alpha value is -4.71. The van der Waals surface area contributed by atoms with Crippen molar-refractivity contribution in [3.05, 3.63) is 105 Å². The third-order valence-corrected chi connectivity index (χ3v) is 10.0. The van der Waals surface area contributed by atoms with Crippen LogP contribution >= 0.6 is 0 Å². The van der Waals surface area contributed by atoms with E-state index in [1.807, 2.05) is 18.2 Å². The minimum absolute atomic E-state index is 0.225. The molecule has 3 aliphatic carbocycles. The van der Waals surface area contributed by atoms with E-state index in [-0.39, 0.29) is 16.7 Å². The largest absolute Gasteiger partial charge is 0.478 e. The fourth-order valence-electron chi connectivity index (χ4n) is 8.07. The molecule has 210 valence electrons. The molecule has 0 unspecified atom stereocenters. The van der Waals surface area contributed by atoms with Crippen LogP contribution < -0.4 is 0 Å². The molecule has 0 radical (unpaired) electrons. The van der Waals surface area contributed by atoms with E-state index in [2.05, 4.69) is 41.5 Å². The fourth-order valence-corrected chi connectivity index (χ4v) is 8.07. The Balaban J connectivity index is 1.70. The van der Waals surface area contributed by atoms with E-state index in [4.69, 9.17) is 0 Å². The van der Waals surface area contributed by atoms with Crippen LogP contribution in [0.3, 0.4) is 0 Å². The predicted octanol–water partition coefficient (Wildman–Crippen LogP) is 7.70. The first-order valence-electron chi connectivity index (χ1n) is 14.0. The van der Waals surface area contributed by atoms with Gasteiger partial charge in [0, 0.05) is 16.2 Å². The number of carbonyl (C=O) groups is 3. The molecule has 3 N–H and O–H groups in total. The number of carboxylic acid groups (broad SMARTS) is 3. The first-order valence-corrected chi connectivity index (χ1v) is 14.0. The molecule has 0 saturated carbocycles. The van der Waals surface area contributed by atoms with Gasteiger partial charge in [0.05, 0.1) is 16.7 Å².